The van der Waals surface area contributed by atoms with Gasteiger partial charge in [-0.05, 0) is 37.8 Å². The average Bonchev–Trinajstić information content (AvgIpc) is 3.16. The molecular weight excluding hydrogens is 438 g/mol. The van der Waals surface area contributed by atoms with Gasteiger partial charge in [0.15, 0.2) is 0 Å². The van der Waals surface area contributed by atoms with Gasteiger partial charge in [0, 0.05) is 31.6 Å². The Morgan fingerprint density at radius 3 is 2.69 bits per heavy atom. The quantitative estimate of drug-likeness (QED) is 0.404. The van der Waals surface area contributed by atoms with Crippen LogP contribution < -0.4 is 0 Å². The molecule has 0 aromatic carbocycles. The monoisotopic (exact) mass is 471 g/mol. The zero-order valence-electron chi connectivity index (χ0n) is 19.1. The van der Waals surface area contributed by atoms with Crippen molar-refractivity contribution < 1.29 is 33.6 Å². The Balaban J connectivity index is 0.00000363. The second-order valence-electron chi connectivity index (χ2n) is 8.17. The van der Waals surface area contributed by atoms with Crippen LogP contribution in [0.5, 0.6) is 0 Å². The van der Waals surface area contributed by atoms with Gasteiger partial charge in [0.2, 0.25) is 0 Å². The zero-order valence-corrected chi connectivity index (χ0v) is 19.9. The van der Waals surface area contributed by atoms with E-state index >= 15 is 0 Å². The van der Waals surface area contributed by atoms with Gasteiger partial charge in [-0.2, -0.15) is 0 Å². The number of halogens is 1. The minimum atomic E-state index is -0.960. The molecule has 32 heavy (non-hydrogen) atoms. The topological polar surface area (TPSA) is 94.5 Å². The highest BCUT2D eigenvalue weighted by molar-refractivity contribution is 5.85. The fourth-order valence-corrected chi connectivity index (χ4v) is 4.22. The molecule has 0 aromatic heterocycles. The smallest absolute Gasteiger partial charge is 0.316 e. The van der Waals surface area contributed by atoms with Gasteiger partial charge >= 0.3 is 11.9 Å². The molecule has 0 saturated carbocycles. The van der Waals surface area contributed by atoms with Crippen molar-refractivity contribution in [3.8, 4) is 0 Å². The van der Waals surface area contributed by atoms with Crippen molar-refractivity contribution in [1.29, 1.82) is 0 Å². The van der Waals surface area contributed by atoms with E-state index in [4.69, 9.17) is 18.9 Å². The number of esters is 2. The van der Waals surface area contributed by atoms with E-state index in [1.54, 1.807) is 7.11 Å². The Morgan fingerprint density at radius 2 is 2.00 bits per heavy atom. The first kappa shape index (κ1) is 26.4. The maximum atomic E-state index is 12.1. The first-order valence-electron chi connectivity index (χ1n) is 10.9. The summed E-state index contributed by atoms with van der Waals surface area (Å²) in [6, 6.07) is 0. The number of cyclic esters (lactones) is 1. The third-order valence-corrected chi connectivity index (χ3v) is 6.16. The predicted octanol–water partition coefficient (Wildman–Crippen LogP) is 2.16. The number of carbonyl (C=O) groups excluding carboxylic acids is 2. The lowest BCUT2D eigenvalue weighted by Gasteiger charge is -2.28. The number of hydrogen-bond acceptors (Lipinski definition) is 8. The highest BCUT2D eigenvalue weighted by Gasteiger charge is 2.44. The number of methoxy groups -OCH3 is 1. The third-order valence-electron chi connectivity index (χ3n) is 6.16. The molecule has 2 atom stereocenters. The molecule has 0 radical (unpaired) electrons. The lowest BCUT2D eigenvalue weighted by Crippen LogP contribution is -2.38. The van der Waals surface area contributed by atoms with Crippen molar-refractivity contribution in [3.05, 3.63) is 34.1 Å². The van der Waals surface area contributed by atoms with E-state index < -0.39 is 18.0 Å². The number of morpholine rings is 1. The second-order valence-corrected chi connectivity index (χ2v) is 8.17. The van der Waals surface area contributed by atoms with Crippen molar-refractivity contribution in [2.24, 2.45) is 5.92 Å². The predicted molar refractivity (Wildman–Crippen MR) is 120 cm³/mol. The molecule has 1 N–H and O–H groups in total. The van der Waals surface area contributed by atoms with Gasteiger partial charge in [-0.15, -0.1) is 12.4 Å². The normalized spacial score (nSPS) is 24.1. The van der Waals surface area contributed by atoms with Crippen LogP contribution in [0, 0.1) is 5.92 Å². The number of allylic oxidation sites excluding steroid dienone is 3. The Labute approximate surface area is 195 Å². The van der Waals surface area contributed by atoms with Crippen LogP contribution in [0.2, 0.25) is 0 Å². The summed E-state index contributed by atoms with van der Waals surface area (Å²) < 4.78 is 21.3. The number of hydrogen-bond donors (Lipinski definition) is 1. The van der Waals surface area contributed by atoms with Crippen LogP contribution in [0.3, 0.4) is 0 Å². The number of aliphatic hydroxyl groups excluding tert-OH is 1. The van der Waals surface area contributed by atoms with Crippen molar-refractivity contribution >= 4 is 24.3 Å². The molecule has 180 valence electrons. The van der Waals surface area contributed by atoms with Gasteiger partial charge in [0.1, 0.15) is 24.9 Å². The van der Waals surface area contributed by atoms with Crippen molar-refractivity contribution in [2.45, 2.75) is 39.2 Å². The van der Waals surface area contributed by atoms with E-state index in [1.165, 1.54) is 0 Å². The Kier molecular flexibility index (Phi) is 10.2. The SMILES string of the molecule is COC1=C(C/C=C(\C)CCC(=O)OCCN2CCOCC2)C(O)C2C(=O)OCC2=C1C.Cl. The van der Waals surface area contributed by atoms with Gasteiger partial charge in [-0.1, -0.05) is 11.6 Å². The van der Waals surface area contributed by atoms with E-state index in [0.717, 1.165) is 49.6 Å². The van der Waals surface area contributed by atoms with Gasteiger partial charge < -0.3 is 24.1 Å². The summed E-state index contributed by atoms with van der Waals surface area (Å²) in [5, 5.41) is 10.8. The average molecular weight is 472 g/mol. The molecule has 2 unspecified atom stereocenters. The molecule has 0 bridgehead atoms. The van der Waals surface area contributed by atoms with Crippen LogP contribution in [0.15, 0.2) is 34.1 Å². The highest BCUT2D eigenvalue weighted by Crippen LogP contribution is 2.40. The summed E-state index contributed by atoms with van der Waals surface area (Å²) in [7, 11) is 1.56. The number of carbonyl (C=O) groups is 2. The second kappa shape index (κ2) is 12.4. The zero-order chi connectivity index (χ0) is 22.4. The molecule has 2 saturated heterocycles. The molecule has 1 aliphatic carbocycles. The summed E-state index contributed by atoms with van der Waals surface area (Å²) in [6.07, 6.45) is 2.33. The van der Waals surface area contributed by atoms with Gasteiger partial charge in [-0.25, -0.2) is 0 Å². The lowest BCUT2D eigenvalue weighted by atomic mass is 9.80. The van der Waals surface area contributed by atoms with Gasteiger partial charge in [0.05, 0.1) is 26.4 Å². The fourth-order valence-electron chi connectivity index (χ4n) is 4.22. The van der Waals surface area contributed by atoms with Crippen LogP contribution in [0.1, 0.15) is 33.1 Å². The molecule has 2 heterocycles. The molecular formula is C23H34ClNO7. The molecule has 8 nitrogen and oxygen atoms in total. The largest absolute Gasteiger partial charge is 0.496 e. The van der Waals surface area contributed by atoms with Crippen molar-refractivity contribution in [2.75, 3.05) is 53.2 Å². The van der Waals surface area contributed by atoms with Crippen LogP contribution >= 0.6 is 12.4 Å². The lowest BCUT2D eigenvalue weighted by molar-refractivity contribution is -0.144. The number of rotatable bonds is 9. The number of aliphatic hydroxyl groups is 1. The van der Waals surface area contributed by atoms with E-state index in [2.05, 4.69) is 4.90 Å². The van der Waals surface area contributed by atoms with Crippen LogP contribution in [0.25, 0.3) is 0 Å². The summed E-state index contributed by atoms with van der Waals surface area (Å²) in [5.41, 5.74) is 3.33. The van der Waals surface area contributed by atoms with Gasteiger partial charge in [-0.3, -0.25) is 14.5 Å². The van der Waals surface area contributed by atoms with Crippen LogP contribution in [0.4, 0.5) is 0 Å². The van der Waals surface area contributed by atoms with Crippen LogP contribution in [-0.4, -0.2) is 81.2 Å². The standard InChI is InChI=1S/C23H33NO7.ClH/c1-15(5-7-19(25)30-13-10-24-8-11-29-12-9-24)4-6-17-21(26)20-18(14-31-23(20)27)16(2)22(17)28-3;/h4,20-21,26H,5-14H2,1-3H3;1H/b15-4+;. The fraction of sp³-hybridized carbons (Fsp3) is 0.652. The maximum Gasteiger partial charge on any atom is 0.316 e. The molecule has 3 aliphatic rings. The molecule has 0 spiro atoms. The van der Waals surface area contributed by atoms with Crippen molar-refractivity contribution in [1.82, 2.24) is 4.90 Å². The van der Waals surface area contributed by atoms with Crippen molar-refractivity contribution in [3.63, 3.8) is 0 Å². The third kappa shape index (κ3) is 6.34. The number of nitrogens with zero attached hydrogens (tertiary/aromatic N) is 1. The summed E-state index contributed by atoms with van der Waals surface area (Å²) in [5.74, 6) is -0.643. The minimum absolute atomic E-state index is 0. The molecule has 0 amide bonds. The first-order valence-corrected chi connectivity index (χ1v) is 10.9. The maximum absolute atomic E-state index is 12.1. The van der Waals surface area contributed by atoms with Crippen LogP contribution in [-0.2, 0) is 28.5 Å². The molecule has 9 heteroatoms. The van der Waals surface area contributed by atoms with E-state index in [9.17, 15) is 14.7 Å². The summed E-state index contributed by atoms with van der Waals surface area (Å²) in [4.78, 5) is 26.3. The van der Waals surface area contributed by atoms with Gasteiger partial charge in [0.25, 0.3) is 0 Å². The summed E-state index contributed by atoms with van der Waals surface area (Å²) in [6.45, 7) is 8.36. The Hall–Kier alpha value is -1.87. The number of fused-ring (bicyclic) bond motifs is 1. The number of ether oxygens (including phenoxy) is 4. The summed E-state index contributed by atoms with van der Waals surface area (Å²) >= 11 is 0. The van der Waals surface area contributed by atoms with E-state index in [0.29, 0.717) is 37.2 Å². The highest BCUT2D eigenvalue weighted by atomic mass is 35.5. The first-order chi connectivity index (χ1) is 14.9. The molecule has 3 rings (SSSR count). The van der Waals surface area contributed by atoms with E-state index in [1.807, 2.05) is 19.9 Å². The minimum Gasteiger partial charge on any atom is -0.496 e. The Bertz CT molecular complexity index is 783. The molecule has 2 aliphatic heterocycles. The van der Waals surface area contributed by atoms with E-state index in [-0.39, 0.29) is 25.0 Å². The molecule has 0 aromatic rings. The molecule has 2 fully saturated rings. The Morgan fingerprint density at radius 1 is 1.28 bits per heavy atom.